The molecule has 0 saturated carbocycles. The van der Waals surface area contributed by atoms with Gasteiger partial charge in [0.2, 0.25) is 0 Å². The van der Waals surface area contributed by atoms with Crippen LogP contribution in [0.1, 0.15) is 44.7 Å². The lowest BCUT2D eigenvalue weighted by molar-refractivity contribution is -0.131. The molecule has 0 N–H and O–H groups in total. The maximum absolute atomic E-state index is 12.7. The molecular formula is C27H38O5Si. The Morgan fingerprint density at radius 1 is 0.818 bits per heavy atom. The first kappa shape index (κ1) is 27.1. The average molecular weight is 471 g/mol. The van der Waals surface area contributed by atoms with Crippen LogP contribution in [0.4, 0.5) is 0 Å². The molecule has 0 bridgehead atoms. The average Bonchev–Trinajstić information content (AvgIpc) is 2.74. The molecule has 0 aliphatic rings. The molecule has 0 saturated heterocycles. The molecule has 0 unspecified atom stereocenters. The van der Waals surface area contributed by atoms with E-state index in [0.29, 0.717) is 19.8 Å². The van der Waals surface area contributed by atoms with E-state index in [0.717, 1.165) is 11.1 Å². The van der Waals surface area contributed by atoms with E-state index in [1.807, 2.05) is 60.7 Å². The van der Waals surface area contributed by atoms with Crippen LogP contribution in [-0.4, -0.2) is 39.2 Å². The Balaban J connectivity index is 1.87. The number of ether oxygens (including phenoxy) is 2. The second-order valence-electron chi connectivity index (χ2n) is 9.94. The van der Waals surface area contributed by atoms with Crippen molar-refractivity contribution in [2.24, 2.45) is 0 Å². The van der Waals surface area contributed by atoms with Crippen LogP contribution in [0.2, 0.25) is 18.1 Å². The van der Waals surface area contributed by atoms with Crippen LogP contribution in [0.25, 0.3) is 0 Å². The van der Waals surface area contributed by atoms with Gasteiger partial charge in [-0.15, -0.1) is 0 Å². The fourth-order valence-electron chi connectivity index (χ4n) is 3.06. The number of Topliss-reactive ketones (excluding diaryl/α,β-unsaturated/α-hetero) is 2. The topological polar surface area (TPSA) is 61.8 Å². The van der Waals surface area contributed by atoms with E-state index < -0.39 is 8.32 Å². The van der Waals surface area contributed by atoms with Gasteiger partial charge in [-0.25, -0.2) is 0 Å². The summed E-state index contributed by atoms with van der Waals surface area (Å²) in [6.45, 7) is 11.9. The normalized spacial score (nSPS) is 13.0. The first-order chi connectivity index (χ1) is 15.6. The fourth-order valence-corrected chi connectivity index (χ4v) is 4.40. The zero-order chi connectivity index (χ0) is 24.3. The molecule has 1 atom stereocenters. The van der Waals surface area contributed by atoms with Crippen molar-refractivity contribution in [1.29, 1.82) is 0 Å². The summed E-state index contributed by atoms with van der Waals surface area (Å²) in [5, 5.41) is 0.00876. The summed E-state index contributed by atoms with van der Waals surface area (Å²) in [7, 11) is -2.10. The van der Waals surface area contributed by atoms with E-state index in [4.69, 9.17) is 13.9 Å². The lowest BCUT2D eigenvalue weighted by atomic mass is 10.1. The Labute approximate surface area is 199 Å². The van der Waals surface area contributed by atoms with Crippen LogP contribution in [0, 0.1) is 0 Å². The number of carbonyl (C=O) groups excluding carboxylic acids is 2. The molecule has 0 amide bonds. The third kappa shape index (κ3) is 10.1. The highest BCUT2D eigenvalue weighted by Crippen LogP contribution is 2.37. The van der Waals surface area contributed by atoms with Crippen molar-refractivity contribution < 1.29 is 23.5 Å². The Morgan fingerprint density at radius 3 is 1.85 bits per heavy atom. The number of carbonyl (C=O) groups is 2. The van der Waals surface area contributed by atoms with Gasteiger partial charge in [0.05, 0.1) is 32.3 Å². The van der Waals surface area contributed by atoms with Gasteiger partial charge in [-0.05, 0) is 29.3 Å². The molecular weight excluding hydrogens is 432 g/mol. The first-order valence-corrected chi connectivity index (χ1v) is 14.4. The second-order valence-corrected chi connectivity index (χ2v) is 14.7. The number of benzene rings is 2. The van der Waals surface area contributed by atoms with Crippen LogP contribution < -0.4 is 0 Å². The molecule has 0 heterocycles. The molecule has 0 radical (unpaired) electrons. The van der Waals surface area contributed by atoms with Crippen molar-refractivity contribution in [2.75, 3.05) is 13.2 Å². The van der Waals surface area contributed by atoms with Crippen LogP contribution in [0.15, 0.2) is 60.7 Å². The van der Waals surface area contributed by atoms with E-state index >= 15 is 0 Å². The van der Waals surface area contributed by atoms with Gasteiger partial charge in [0, 0.05) is 6.42 Å². The molecule has 2 aromatic rings. The number of ketones is 2. The van der Waals surface area contributed by atoms with E-state index in [1.54, 1.807) is 0 Å². The fraction of sp³-hybridized carbons (Fsp3) is 0.481. The van der Waals surface area contributed by atoms with Crippen LogP contribution in [-0.2, 0) is 36.7 Å². The molecule has 5 nitrogen and oxygen atoms in total. The monoisotopic (exact) mass is 470 g/mol. The summed E-state index contributed by atoms with van der Waals surface area (Å²) in [4.78, 5) is 24.9. The second kappa shape index (κ2) is 12.9. The van der Waals surface area contributed by atoms with Gasteiger partial charge >= 0.3 is 0 Å². The highest BCUT2D eigenvalue weighted by Gasteiger charge is 2.39. The van der Waals surface area contributed by atoms with Gasteiger partial charge in [-0.3, -0.25) is 9.59 Å². The molecule has 2 rings (SSSR count). The molecule has 0 aliphatic heterocycles. The number of hydrogen-bond acceptors (Lipinski definition) is 5. The molecule has 6 heteroatoms. The lowest BCUT2D eigenvalue weighted by Gasteiger charge is -2.39. The van der Waals surface area contributed by atoms with Crippen molar-refractivity contribution in [2.45, 2.75) is 71.1 Å². The number of rotatable bonds is 14. The van der Waals surface area contributed by atoms with Gasteiger partial charge in [0.15, 0.2) is 14.1 Å². The van der Waals surface area contributed by atoms with Crippen molar-refractivity contribution in [3.8, 4) is 0 Å². The minimum Gasteiger partial charge on any atom is -0.411 e. The van der Waals surface area contributed by atoms with Crippen molar-refractivity contribution in [3.63, 3.8) is 0 Å². The predicted molar refractivity (Wildman–Crippen MR) is 134 cm³/mol. The Bertz CT molecular complexity index is 859. The van der Waals surface area contributed by atoms with E-state index in [1.165, 1.54) is 0 Å². The number of hydrogen-bond donors (Lipinski definition) is 0. The smallest absolute Gasteiger partial charge is 0.192 e. The Morgan fingerprint density at radius 2 is 1.33 bits per heavy atom. The van der Waals surface area contributed by atoms with Gasteiger partial charge in [0.25, 0.3) is 0 Å². The van der Waals surface area contributed by atoms with Gasteiger partial charge in [-0.2, -0.15) is 0 Å². The van der Waals surface area contributed by atoms with Crippen molar-refractivity contribution in [1.82, 2.24) is 0 Å². The maximum Gasteiger partial charge on any atom is 0.192 e. The molecule has 0 aromatic heterocycles. The molecule has 2 aromatic carbocycles. The molecule has 180 valence electrons. The largest absolute Gasteiger partial charge is 0.411 e. The van der Waals surface area contributed by atoms with Crippen LogP contribution >= 0.6 is 0 Å². The standard InChI is InChI=1S/C27H38O5Si/c1-27(2,3)33(4,5)32-26(21-31-19-23-14-10-7-11-15-23)17-24(28)16-25(29)20-30-18-22-12-8-6-9-13-22/h6-15,26H,16-21H2,1-5H3/t26-/m0/s1. The van der Waals surface area contributed by atoms with E-state index in [-0.39, 0.29) is 42.2 Å². The zero-order valence-corrected chi connectivity index (χ0v) is 21.6. The predicted octanol–water partition coefficient (Wildman–Crippen LogP) is 5.73. The molecule has 0 spiro atoms. The SMILES string of the molecule is CC(C)(C)[Si](C)(C)O[C@H](COCc1ccccc1)CC(=O)CC(=O)COCc1ccccc1. The molecule has 0 fully saturated rings. The van der Waals surface area contributed by atoms with Crippen molar-refractivity contribution in [3.05, 3.63) is 71.8 Å². The minimum atomic E-state index is -2.10. The van der Waals surface area contributed by atoms with Gasteiger partial charge in [0.1, 0.15) is 12.4 Å². The zero-order valence-electron chi connectivity index (χ0n) is 20.6. The summed E-state index contributed by atoms with van der Waals surface area (Å²) < 4.78 is 17.9. The first-order valence-electron chi connectivity index (χ1n) is 11.5. The quantitative estimate of drug-likeness (QED) is 0.261. The minimum absolute atomic E-state index is 0.00876. The summed E-state index contributed by atoms with van der Waals surface area (Å²) >= 11 is 0. The lowest BCUT2D eigenvalue weighted by Crippen LogP contribution is -2.45. The Hall–Kier alpha value is -2.12. The van der Waals surface area contributed by atoms with E-state index in [9.17, 15) is 9.59 Å². The maximum atomic E-state index is 12.7. The highest BCUT2D eigenvalue weighted by atomic mass is 28.4. The Kier molecular flexibility index (Phi) is 10.6. The summed E-state index contributed by atoms with van der Waals surface area (Å²) in [5.74, 6) is -0.359. The highest BCUT2D eigenvalue weighted by molar-refractivity contribution is 6.74. The van der Waals surface area contributed by atoms with E-state index in [2.05, 4.69) is 33.9 Å². The summed E-state index contributed by atoms with van der Waals surface area (Å²) in [6, 6.07) is 19.6. The molecule has 0 aliphatic carbocycles. The van der Waals surface area contributed by atoms with Crippen LogP contribution in [0.5, 0.6) is 0 Å². The van der Waals surface area contributed by atoms with Gasteiger partial charge in [-0.1, -0.05) is 81.4 Å². The molecule has 33 heavy (non-hydrogen) atoms. The van der Waals surface area contributed by atoms with Crippen molar-refractivity contribution >= 4 is 19.9 Å². The van der Waals surface area contributed by atoms with Crippen LogP contribution in [0.3, 0.4) is 0 Å². The third-order valence-electron chi connectivity index (χ3n) is 5.91. The summed E-state index contributed by atoms with van der Waals surface area (Å²) in [6.07, 6.45) is -0.364. The van der Waals surface area contributed by atoms with Gasteiger partial charge < -0.3 is 13.9 Å². The third-order valence-corrected chi connectivity index (χ3v) is 10.4. The summed E-state index contributed by atoms with van der Waals surface area (Å²) in [5.41, 5.74) is 2.07.